The molecule has 1 amide bonds. The molecule has 1 saturated carbocycles. The van der Waals surface area contributed by atoms with E-state index in [4.69, 9.17) is 4.74 Å². The maximum absolute atomic E-state index is 13.6. The normalized spacial score (nSPS) is 14.6. The zero-order valence-corrected chi connectivity index (χ0v) is 22.0. The number of amides is 1. The first-order valence-electron chi connectivity index (χ1n) is 11.9. The molecule has 2 aromatic rings. The van der Waals surface area contributed by atoms with E-state index in [1.54, 1.807) is 36.4 Å². The van der Waals surface area contributed by atoms with Gasteiger partial charge in [0.1, 0.15) is 12.3 Å². The number of nitrogens with one attached hydrogen (secondary N) is 1. The first-order valence-corrected chi connectivity index (χ1v) is 14.4. The number of aryl methyl sites for hydroxylation is 2. The molecule has 0 aromatic heterocycles. The predicted molar refractivity (Wildman–Crippen MR) is 140 cm³/mol. The Labute approximate surface area is 208 Å². The average molecular weight is 505 g/mol. The van der Waals surface area contributed by atoms with Crippen LogP contribution < -0.4 is 14.4 Å². The lowest BCUT2D eigenvalue weighted by atomic mass is 10.0. The summed E-state index contributed by atoms with van der Waals surface area (Å²) in [6.07, 6.45) is 7.44. The molecule has 2 aromatic carbocycles. The zero-order chi connectivity index (χ0) is 24.6. The monoisotopic (exact) mass is 504 g/mol. The van der Waals surface area contributed by atoms with Crippen LogP contribution in [0.15, 0.2) is 47.4 Å². The Hall–Kier alpha value is -2.19. The second-order valence-corrected chi connectivity index (χ2v) is 12.1. The molecule has 1 N–H and O–H groups in total. The Morgan fingerprint density at radius 1 is 1.06 bits per heavy atom. The number of hydrogen-bond donors (Lipinski definition) is 1. The van der Waals surface area contributed by atoms with Crippen molar-refractivity contribution < 1.29 is 17.9 Å². The van der Waals surface area contributed by atoms with Crippen LogP contribution in [0.25, 0.3) is 0 Å². The predicted octanol–water partition coefficient (Wildman–Crippen LogP) is 5.08. The van der Waals surface area contributed by atoms with Crippen molar-refractivity contribution in [2.45, 2.75) is 62.5 Å². The van der Waals surface area contributed by atoms with Gasteiger partial charge in [0.05, 0.1) is 17.7 Å². The van der Waals surface area contributed by atoms with E-state index < -0.39 is 10.0 Å². The summed E-state index contributed by atoms with van der Waals surface area (Å²) in [5.41, 5.74) is 2.19. The molecule has 1 aliphatic carbocycles. The topological polar surface area (TPSA) is 75.7 Å². The second-order valence-electron chi connectivity index (χ2n) is 8.83. The molecular weight excluding hydrogens is 468 g/mol. The summed E-state index contributed by atoms with van der Waals surface area (Å²) in [5.74, 6) is 1.07. The number of hydrogen-bond acceptors (Lipinski definition) is 5. The lowest BCUT2D eigenvalue weighted by Crippen LogP contribution is -2.41. The van der Waals surface area contributed by atoms with Crippen molar-refractivity contribution in [2.24, 2.45) is 0 Å². The van der Waals surface area contributed by atoms with Crippen LogP contribution in [0.1, 0.15) is 49.7 Å². The van der Waals surface area contributed by atoms with E-state index in [1.165, 1.54) is 39.2 Å². The third-order valence-electron chi connectivity index (χ3n) is 6.05. The molecule has 3 rings (SSSR count). The maximum Gasteiger partial charge on any atom is 0.264 e. The summed E-state index contributed by atoms with van der Waals surface area (Å²) in [5, 5.41) is 3.65. The Morgan fingerprint density at radius 2 is 1.74 bits per heavy atom. The SMILES string of the molecule is COc1ccc(C)cc1N(CC(=O)NCCCSC1CCCCC1)S(=O)(=O)c1ccc(C)cc1. The number of ether oxygens (including phenoxy) is 1. The van der Waals surface area contributed by atoms with Crippen LogP contribution in [0.2, 0.25) is 0 Å². The summed E-state index contributed by atoms with van der Waals surface area (Å²) in [4.78, 5) is 13.0. The van der Waals surface area contributed by atoms with Crippen LogP contribution in [0, 0.1) is 13.8 Å². The lowest BCUT2D eigenvalue weighted by molar-refractivity contribution is -0.119. The number of thioether (sulfide) groups is 1. The minimum atomic E-state index is -3.98. The Balaban J connectivity index is 1.70. The molecule has 34 heavy (non-hydrogen) atoms. The van der Waals surface area contributed by atoms with E-state index in [0.29, 0.717) is 18.0 Å². The number of rotatable bonds is 11. The van der Waals surface area contributed by atoms with Crippen molar-refractivity contribution in [3.63, 3.8) is 0 Å². The highest BCUT2D eigenvalue weighted by molar-refractivity contribution is 7.99. The van der Waals surface area contributed by atoms with Gasteiger partial charge in [-0.2, -0.15) is 11.8 Å². The Bertz CT molecular complexity index is 1050. The smallest absolute Gasteiger partial charge is 0.264 e. The highest BCUT2D eigenvalue weighted by Gasteiger charge is 2.29. The molecule has 0 unspecified atom stereocenters. The van der Waals surface area contributed by atoms with Gasteiger partial charge in [-0.05, 0) is 68.7 Å². The Kier molecular flexibility index (Phi) is 9.71. The molecule has 186 valence electrons. The molecule has 1 fully saturated rings. The molecule has 0 bridgehead atoms. The standard InChI is InChI=1S/C26H36N2O4S2/c1-20-10-13-23(14-11-20)34(30,31)28(24-18-21(2)12-15-25(24)32-3)19-26(29)27-16-7-17-33-22-8-5-4-6-9-22/h10-15,18,22H,4-9,16-17,19H2,1-3H3,(H,27,29). The molecule has 0 atom stereocenters. The number of methoxy groups -OCH3 is 1. The van der Waals surface area contributed by atoms with E-state index in [-0.39, 0.29) is 17.3 Å². The van der Waals surface area contributed by atoms with Crippen LogP contribution in [-0.2, 0) is 14.8 Å². The maximum atomic E-state index is 13.6. The van der Waals surface area contributed by atoms with Crippen LogP contribution in [-0.4, -0.2) is 45.5 Å². The molecule has 0 aliphatic heterocycles. The van der Waals surface area contributed by atoms with Crippen molar-refractivity contribution in [2.75, 3.05) is 30.3 Å². The molecule has 0 saturated heterocycles. The van der Waals surface area contributed by atoms with Crippen molar-refractivity contribution in [1.82, 2.24) is 5.32 Å². The number of benzene rings is 2. The van der Waals surface area contributed by atoms with Crippen LogP contribution in [0.3, 0.4) is 0 Å². The number of anilines is 1. The highest BCUT2D eigenvalue weighted by Crippen LogP contribution is 2.33. The summed E-state index contributed by atoms with van der Waals surface area (Å²) in [6, 6.07) is 12.0. The quantitative estimate of drug-likeness (QED) is 0.432. The van der Waals surface area contributed by atoms with Gasteiger partial charge < -0.3 is 10.1 Å². The fourth-order valence-corrected chi connectivity index (χ4v) is 6.83. The van der Waals surface area contributed by atoms with Gasteiger partial charge in [0.15, 0.2) is 0 Å². The van der Waals surface area contributed by atoms with Crippen LogP contribution in [0.4, 0.5) is 5.69 Å². The molecule has 0 radical (unpaired) electrons. The van der Waals surface area contributed by atoms with Gasteiger partial charge in [0.25, 0.3) is 10.0 Å². The number of carbonyl (C=O) groups is 1. The van der Waals surface area contributed by atoms with Crippen molar-refractivity contribution in [1.29, 1.82) is 0 Å². The van der Waals surface area contributed by atoms with Crippen molar-refractivity contribution in [3.8, 4) is 5.75 Å². The molecule has 1 aliphatic rings. The summed E-state index contributed by atoms with van der Waals surface area (Å²) >= 11 is 1.99. The molecule has 8 heteroatoms. The summed E-state index contributed by atoms with van der Waals surface area (Å²) in [7, 11) is -2.48. The lowest BCUT2D eigenvalue weighted by Gasteiger charge is -2.26. The van der Waals surface area contributed by atoms with Gasteiger partial charge in [0.2, 0.25) is 5.91 Å². The third kappa shape index (κ3) is 7.15. The zero-order valence-electron chi connectivity index (χ0n) is 20.4. The van der Waals surface area contributed by atoms with Gasteiger partial charge in [0, 0.05) is 11.8 Å². The molecule has 6 nitrogen and oxygen atoms in total. The highest BCUT2D eigenvalue weighted by atomic mass is 32.2. The number of sulfonamides is 1. The van der Waals surface area contributed by atoms with Gasteiger partial charge in [-0.25, -0.2) is 8.42 Å². The molecule has 0 spiro atoms. The largest absolute Gasteiger partial charge is 0.495 e. The van der Waals surface area contributed by atoms with Gasteiger partial charge in [-0.1, -0.05) is 43.0 Å². The van der Waals surface area contributed by atoms with E-state index in [1.807, 2.05) is 31.7 Å². The minimum Gasteiger partial charge on any atom is -0.495 e. The van der Waals surface area contributed by atoms with Crippen molar-refractivity contribution >= 4 is 33.4 Å². The van der Waals surface area contributed by atoms with Gasteiger partial charge >= 0.3 is 0 Å². The minimum absolute atomic E-state index is 0.137. The fourth-order valence-electron chi connectivity index (χ4n) is 4.10. The first-order chi connectivity index (χ1) is 16.3. The average Bonchev–Trinajstić information content (AvgIpc) is 2.83. The second kappa shape index (κ2) is 12.5. The molecule has 0 heterocycles. The van der Waals surface area contributed by atoms with E-state index in [9.17, 15) is 13.2 Å². The first kappa shape index (κ1) is 26.4. The van der Waals surface area contributed by atoms with Gasteiger partial charge in [-0.15, -0.1) is 0 Å². The van der Waals surface area contributed by atoms with Crippen LogP contribution >= 0.6 is 11.8 Å². The van der Waals surface area contributed by atoms with Crippen molar-refractivity contribution in [3.05, 3.63) is 53.6 Å². The van der Waals surface area contributed by atoms with E-state index >= 15 is 0 Å². The van der Waals surface area contributed by atoms with E-state index in [2.05, 4.69) is 5.32 Å². The summed E-state index contributed by atoms with van der Waals surface area (Å²) < 4.78 is 33.8. The van der Waals surface area contributed by atoms with Crippen LogP contribution in [0.5, 0.6) is 5.75 Å². The number of nitrogens with zero attached hydrogens (tertiary/aromatic N) is 1. The molecular formula is C26H36N2O4S2. The Morgan fingerprint density at radius 3 is 2.41 bits per heavy atom. The van der Waals surface area contributed by atoms with Gasteiger partial charge in [-0.3, -0.25) is 9.10 Å². The summed E-state index contributed by atoms with van der Waals surface area (Å²) in [6.45, 7) is 4.00. The number of carbonyl (C=O) groups excluding carboxylic acids is 1. The van der Waals surface area contributed by atoms with E-state index in [0.717, 1.165) is 32.9 Å². The fraction of sp³-hybridized carbons (Fsp3) is 0.500. The third-order valence-corrected chi connectivity index (χ3v) is 9.29.